The van der Waals surface area contributed by atoms with Crippen molar-refractivity contribution in [1.82, 2.24) is 0 Å². The Bertz CT molecular complexity index is 477. The van der Waals surface area contributed by atoms with Gasteiger partial charge in [0.2, 0.25) is 0 Å². The summed E-state index contributed by atoms with van der Waals surface area (Å²) < 4.78 is 0. The highest BCUT2D eigenvalue weighted by Crippen LogP contribution is 2.15. The quantitative estimate of drug-likeness (QED) is 0.0835. The van der Waals surface area contributed by atoms with Crippen molar-refractivity contribution < 1.29 is 19.8 Å². The van der Waals surface area contributed by atoms with Crippen molar-refractivity contribution in [2.45, 2.75) is 213 Å². The summed E-state index contributed by atoms with van der Waals surface area (Å²) in [5.41, 5.74) is 0. The summed E-state index contributed by atoms with van der Waals surface area (Å²) >= 11 is 0. The van der Waals surface area contributed by atoms with Crippen LogP contribution >= 0.6 is 0 Å². The van der Waals surface area contributed by atoms with Crippen LogP contribution in [0.15, 0.2) is 0 Å². The summed E-state index contributed by atoms with van der Waals surface area (Å²) in [7, 11) is 0. The van der Waals surface area contributed by atoms with Gasteiger partial charge < -0.3 is 10.2 Å². The molecule has 0 fully saturated rings. The number of carboxylic acid groups (broad SMARTS) is 2. The number of rotatable bonds is 31. The second-order valence-electron chi connectivity index (χ2n) is 11.8. The lowest BCUT2D eigenvalue weighted by Crippen LogP contribution is -1.93. The minimum Gasteiger partial charge on any atom is -0.481 e. The molecule has 0 spiro atoms. The molecular weight excluding hydrogens is 484 g/mol. The summed E-state index contributed by atoms with van der Waals surface area (Å²) in [6.45, 7) is 4.50. The fourth-order valence-corrected chi connectivity index (χ4v) is 5.12. The molecule has 0 amide bonds. The van der Waals surface area contributed by atoms with E-state index in [1.54, 1.807) is 0 Å². The Balaban J connectivity index is 0. The van der Waals surface area contributed by atoms with E-state index in [1.807, 2.05) is 0 Å². The summed E-state index contributed by atoms with van der Waals surface area (Å²) in [6, 6.07) is 0. The molecule has 0 unspecified atom stereocenters. The van der Waals surface area contributed by atoms with Crippen LogP contribution in [0.3, 0.4) is 0 Å². The molecule has 0 saturated heterocycles. The van der Waals surface area contributed by atoms with Gasteiger partial charge in [-0.25, -0.2) is 0 Å². The van der Waals surface area contributed by atoms with E-state index < -0.39 is 11.9 Å². The summed E-state index contributed by atoms with van der Waals surface area (Å²) in [5.74, 6) is -1.31. The van der Waals surface area contributed by atoms with Crippen LogP contribution in [0.25, 0.3) is 0 Å². The van der Waals surface area contributed by atoms with Gasteiger partial charge in [0.1, 0.15) is 0 Å². The summed E-state index contributed by atoms with van der Waals surface area (Å²) in [6.07, 6.45) is 39.1. The molecule has 4 heteroatoms. The van der Waals surface area contributed by atoms with E-state index in [9.17, 15) is 9.59 Å². The van der Waals surface area contributed by atoms with Crippen LogP contribution < -0.4 is 0 Å². The highest BCUT2D eigenvalue weighted by atomic mass is 16.4. The lowest BCUT2D eigenvalue weighted by molar-refractivity contribution is -0.138. The topological polar surface area (TPSA) is 74.6 Å². The van der Waals surface area contributed by atoms with E-state index in [1.165, 1.54) is 161 Å². The zero-order chi connectivity index (χ0) is 29.1. The van der Waals surface area contributed by atoms with Crippen molar-refractivity contribution in [3.05, 3.63) is 0 Å². The van der Waals surface area contributed by atoms with Crippen molar-refractivity contribution >= 4 is 11.9 Å². The van der Waals surface area contributed by atoms with Crippen LogP contribution in [0.2, 0.25) is 0 Å². The zero-order valence-electron chi connectivity index (χ0n) is 26.6. The van der Waals surface area contributed by atoms with Gasteiger partial charge in [-0.1, -0.05) is 187 Å². The molecular formula is C35H70O4. The molecule has 0 radical (unpaired) electrons. The van der Waals surface area contributed by atoms with Gasteiger partial charge in [-0.3, -0.25) is 9.59 Å². The van der Waals surface area contributed by atoms with Crippen LogP contribution in [0.1, 0.15) is 213 Å². The van der Waals surface area contributed by atoms with Crippen LogP contribution in [-0.4, -0.2) is 22.2 Å². The molecule has 0 aliphatic rings. The third-order valence-corrected chi connectivity index (χ3v) is 7.74. The molecule has 234 valence electrons. The standard InChI is InChI=1S/C24H48O2.C11H22O2/c1-2-3-4-5-6-7-8-9-10-11-12-13-14-15-16-17-18-19-20-21-22-23-24(25)26;1-2-3-4-5-6-7-8-9-10-11(12)13/h2-23H2,1H3,(H,25,26);2-10H2,1H3,(H,12,13). The Morgan fingerprint density at radius 1 is 0.308 bits per heavy atom. The first kappa shape index (κ1) is 40.1. The van der Waals surface area contributed by atoms with Gasteiger partial charge >= 0.3 is 11.9 Å². The molecule has 0 heterocycles. The fourth-order valence-electron chi connectivity index (χ4n) is 5.12. The van der Waals surface area contributed by atoms with Gasteiger partial charge in [-0.15, -0.1) is 0 Å². The van der Waals surface area contributed by atoms with Crippen molar-refractivity contribution in [3.63, 3.8) is 0 Å². The monoisotopic (exact) mass is 555 g/mol. The maximum absolute atomic E-state index is 10.4. The Kier molecular flexibility index (Phi) is 38.0. The van der Waals surface area contributed by atoms with E-state index >= 15 is 0 Å². The van der Waals surface area contributed by atoms with Crippen molar-refractivity contribution in [2.24, 2.45) is 0 Å². The number of hydrogen-bond acceptors (Lipinski definition) is 2. The smallest absolute Gasteiger partial charge is 0.303 e. The molecule has 4 nitrogen and oxygen atoms in total. The predicted octanol–water partition coefficient (Wildman–Crippen LogP) is 12.3. The largest absolute Gasteiger partial charge is 0.481 e. The third-order valence-electron chi connectivity index (χ3n) is 7.74. The molecule has 2 N–H and O–H groups in total. The van der Waals surface area contributed by atoms with E-state index in [0.29, 0.717) is 12.8 Å². The highest BCUT2D eigenvalue weighted by molar-refractivity contribution is 5.66. The van der Waals surface area contributed by atoms with Gasteiger partial charge in [0.15, 0.2) is 0 Å². The van der Waals surface area contributed by atoms with Crippen molar-refractivity contribution in [1.29, 1.82) is 0 Å². The van der Waals surface area contributed by atoms with Gasteiger partial charge in [-0.2, -0.15) is 0 Å². The Hall–Kier alpha value is -1.06. The first-order chi connectivity index (χ1) is 19.0. The van der Waals surface area contributed by atoms with Crippen LogP contribution in [-0.2, 0) is 9.59 Å². The summed E-state index contributed by atoms with van der Waals surface area (Å²) in [5, 5.41) is 17.0. The molecule has 0 atom stereocenters. The Labute approximate surface area is 244 Å². The van der Waals surface area contributed by atoms with Gasteiger partial charge in [-0.05, 0) is 12.8 Å². The van der Waals surface area contributed by atoms with Crippen LogP contribution in [0.4, 0.5) is 0 Å². The zero-order valence-corrected chi connectivity index (χ0v) is 26.6. The van der Waals surface area contributed by atoms with E-state index in [4.69, 9.17) is 10.2 Å². The highest BCUT2D eigenvalue weighted by Gasteiger charge is 1.98. The van der Waals surface area contributed by atoms with Crippen LogP contribution in [0, 0.1) is 0 Å². The van der Waals surface area contributed by atoms with Crippen molar-refractivity contribution in [3.8, 4) is 0 Å². The van der Waals surface area contributed by atoms with Gasteiger partial charge in [0.25, 0.3) is 0 Å². The molecule has 0 saturated carbocycles. The molecule has 0 rings (SSSR count). The lowest BCUT2D eigenvalue weighted by Gasteiger charge is -2.04. The van der Waals surface area contributed by atoms with Crippen LogP contribution in [0.5, 0.6) is 0 Å². The average molecular weight is 555 g/mol. The second-order valence-corrected chi connectivity index (χ2v) is 11.8. The molecule has 0 aliphatic heterocycles. The third kappa shape index (κ3) is 44.2. The normalized spacial score (nSPS) is 10.8. The van der Waals surface area contributed by atoms with E-state index in [2.05, 4.69) is 13.8 Å². The Morgan fingerprint density at radius 3 is 0.615 bits per heavy atom. The number of aliphatic carboxylic acids is 2. The second kappa shape index (κ2) is 36.9. The van der Waals surface area contributed by atoms with E-state index in [0.717, 1.165) is 25.7 Å². The fraction of sp³-hybridized carbons (Fsp3) is 0.943. The molecule has 0 bridgehead atoms. The molecule has 0 aliphatic carbocycles. The van der Waals surface area contributed by atoms with E-state index in [-0.39, 0.29) is 0 Å². The SMILES string of the molecule is CCCCCCCCCCC(=O)O.CCCCCCCCCCCCCCCCCCCCCCCC(=O)O. The number of hydrogen-bond donors (Lipinski definition) is 2. The Morgan fingerprint density at radius 2 is 0.462 bits per heavy atom. The number of carboxylic acids is 2. The number of carbonyl (C=O) groups is 2. The summed E-state index contributed by atoms with van der Waals surface area (Å²) in [4.78, 5) is 20.6. The average Bonchev–Trinajstić information content (AvgIpc) is 2.91. The molecule has 0 aromatic heterocycles. The maximum atomic E-state index is 10.4. The molecule has 0 aromatic rings. The maximum Gasteiger partial charge on any atom is 0.303 e. The predicted molar refractivity (Wildman–Crippen MR) is 170 cm³/mol. The first-order valence-corrected chi connectivity index (χ1v) is 17.5. The van der Waals surface area contributed by atoms with Gasteiger partial charge in [0, 0.05) is 12.8 Å². The minimum absolute atomic E-state index is 0.342. The minimum atomic E-state index is -0.661. The number of unbranched alkanes of at least 4 members (excludes halogenated alkanes) is 27. The molecule has 39 heavy (non-hydrogen) atoms. The van der Waals surface area contributed by atoms with Crippen molar-refractivity contribution in [2.75, 3.05) is 0 Å². The van der Waals surface area contributed by atoms with Gasteiger partial charge in [0.05, 0.1) is 0 Å². The first-order valence-electron chi connectivity index (χ1n) is 17.5. The lowest BCUT2D eigenvalue weighted by atomic mass is 10.0. The molecule has 0 aromatic carbocycles.